The fourth-order valence-corrected chi connectivity index (χ4v) is 5.11. The molecule has 1 saturated heterocycles. The van der Waals surface area contributed by atoms with Crippen LogP contribution < -0.4 is 4.80 Å². The predicted octanol–water partition coefficient (Wildman–Crippen LogP) is 4.74. The SMILES string of the molecule is Cc1sc(=NC(=O)c2ccc(Cl)cc2Cl)n(Cc2ccccc2C(=O)N2CCOCC2)c1C. The second-order valence-electron chi connectivity index (χ2n) is 7.72. The molecule has 6 nitrogen and oxygen atoms in total. The maximum Gasteiger partial charge on any atom is 0.281 e. The average Bonchev–Trinajstić information content (AvgIpc) is 3.06. The summed E-state index contributed by atoms with van der Waals surface area (Å²) < 4.78 is 7.34. The number of halogens is 2. The summed E-state index contributed by atoms with van der Waals surface area (Å²) in [5, 5.41) is 0.713. The van der Waals surface area contributed by atoms with Crippen molar-refractivity contribution in [2.45, 2.75) is 20.4 Å². The van der Waals surface area contributed by atoms with E-state index in [0.29, 0.717) is 53.8 Å². The van der Waals surface area contributed by atoms with Crippen molar-refractivity contribution >= 4 is 46.4 Å². The van der Waals surface area contributed by atoms with Crippen LogP contribution in [-0.2, 0) is 11.3 Å². The van der Waals surface area contributed by atoms with Crippen molar-refractivity contribution in [3.63, 3.8) is 0 Å². The zero-order valence-corrected chi connectivity index (χ0v) is 20.6. The van der Waals surface area contributed by atoms with Crippen molar-refractivity contribution in [2.75, 3.05) is 26.3 Å². The summed E-state index contributed by atoms with van der Waals surface area (Å²) in [6.07, 6.45) is 0. The van der Waals surface area contributed by atoms with Gasteiger partial charge in [-0.3, -0.25) is 9.59 Å². The van der Waals surface area contributed by atoms with Gasteiger partial charge in [-0.1, -0.05) is 41.4 Å². The van der Waals surface area contributed by atoms with Gasteiger partial charge in [0, 0.05) is 34.2 Å². The Morgan fingerprint density at radius 1 is 1.06 bits per heavy atom. The van der Waals surface area contributed by atoms with Gasteiger partial charge in [0.05, 0.1) is 30.3 Å². The Labute approximate surface area is 206 Å². The lowest BCUT2D eigenvalue weighted by atomic mass is 10.1. The number of carbonyl (C=O) groups is 2. The summed E-state index contributed by atoms with van der Waals surface area (Å²) >= 11 is 13.6. The van der Waals surface area contributed by atoms with E-state index in [2.05, 4.69) is 4.99 Å². The number of hydrogen-bond donors (Lipinski definition) is 0. The quantitative estimate of drug-likeness (QED) is 0.516. The molecule has 0 bridgehead atoms. The summed E-state index contributed by atoms with van der Waals surface area (Å²) in [4.78, 5) is 33.8. The normalized spacial score (nSPS) is 14.5. The van der Waals surface area contributed by atoms with E-state index >= 15 is 0 Å². The first kappa shape index (κ1) is 23.7. The molecule has 4 rings (SSSR count). The third kappa shape index (κ3) is 5.22. The molecule has 1 aliphatic rings. The lowest BCUT2D eigenvalue weighted by Crippen LogP contribution is -2.41. The van der Waals surface area contributed by atoms with E-state index in [1.807, 2.05) is 47.6 Å². The van der Waals surface area contributed by atoms with E-state index in [-0.39, 0.29) is 10.9 Å². The van der Waals surface area contributed by atoms with E-state index in [1.54, 1.807) is 12.1 Å². The minimum Gasteiger partial charge on any atom is -0.378 e. The predicted molar refractivity (Wildman–Crippen MR) is 130 cm³/mol. The highest BCUT2D eigenvalue weighted by atomic mass is 35.5. The second kappa shape index (κ2) is 10.2. The van der Waals surface area contributed by atoms with Crippen LogP contribution in [0.4, 0.5) is 0 Å². The molecule has 9 heteroatoms. The molecule has 2 aromatic carbocycles. The summed E-state index contributed by atoms with van der Waals surface area (Å²) in [7, 11) is 0. The molecule has 1 aliphatic heterocycles. The van der Waals surface area contributed by atoms with Crippen molar-refractivity contribution in [3.05, 3.63) is 84.6 Å². The molecule has 0 atom stereocenters. The number of thiazole rings is 1. The molecule has 1 fully saturated rings. The lowest BCUT2D eigenvalue weighted by Gasteiger charge is -2.27. The highest BCUT2D eigenvalue weighted by molar-refractivity contribution is 7.09. The maximum absolute atomic E-state index is 13.2. The van der Waals surface area contributed by atoms with Crippen LogP contribution in [0.1, 0.15) is 36.9 Å². The largest absolute Gasteiger partial charge is 0.378 e. The van der Waals surface area contributed by atoms with Crippen LogP contribution in [0.5, 0.6) is 0 Å². The standard InChI is InChI=1S/C24H23Cl2N3O3S/c1-15-16(2)33-24(27-22(30)20-8-7-18(25)13-21(20)26)29(15)14-17-5-3-4-6-19(17)23(31)28-9-11-32-12-10-28/h3-8,13H,9-12,14H2,1-2H3. The molecule has 2 amide bonds. The zero-order valence-electron chi connectivity index (χ0n) is 18.3. The molecule has 0 unspecified atom stereocenters. The number of ether oxygens (including phenoxy) is 1. The Kier molecular flexibility index (Phi) is 7.34. The lowest BCUT2D eigenvalue weighted by molar-refractivity contribution is 0.0302. The third-order valence-corrected chi connectivity index (χ3v) is 7.27. The monoisotopic (exact) mass is 503 g/mol. The number of morpholine rings is 1. The number of aromatic nitrogens is 1. The van der Waals surface area contributed by atoms with Gasteiger partial charge in [0.15, 0.2) is 4.80 Å². The molecule has 33 heavy (non-hydrogen) atoms. The van der Waals surface area contributed by atoms with Crippen molar-refractivity contribution in [1.82, 2.24) is 9.47 Å². The van der Waals surface area contributed by atoms with Gasteiger partial charge in [0.2, 0.25) is 0 Å². The highest BCUT2D eigenvalue weighted by Gasteiger charge is 2.21. The molecule has 0 saturated carbocycles. The minimum absolute atomic E-state index is 0.0124. The molecule has 172 valence electrons. The smallest absolute Gasteiger partial charge is 0.281 e. The van der Waals surface area contributed by atoms with Crippen LogP contribution in [0.25, 0.3) is 0 Å². The molecule has 0 N–H and O–H groups in total. The number of hydrogen-bond acceptors (Lipinski definition) is 4. The molecule has 0 radical (unpaired) electrons. The Hall–Kier alpha value is -2.45. The fraction of sp³-hybridized carbons (Fsp3) is 0.292. The van der Waals surface area contributed by atoms with Gasteiger partial charge in [-0.2, -0.15) is 4.99 Å². The van der Waals surface area contributed by atoms with Gasteiger partial charge in [-0.25, -0.2) is 0 Å². The minimum atomic E-state index is -0.440. The summed E-state index contributed by atoms with van der Waals surface area (Å²) in [6.45, 7) is 6.63. The Bertz CT molecular complexity index is 1280. The summed E-state index contributed by atoms with van der Waals surface area (Å²) in [6, 6.07) is 12.3. The molecule has 2 heterocycles. The molecule has 3 aromatic rings. The van der Waals surface area contributed by atoms with Gasteiger partial charge in [-0.05, 0) is 43.7 Å². The fourth-order valence-electron chi connectivity index (χ4n) is 3.65. The Balaban J connectivity index is 1.70. The van der Waals surface area contributed by atoms with Crippen LogP contribution in [0.3, 0.4) is 0 Å². The zero-order chi connectivity index (χ0) is 23.5. The van der Waals surface area contributed by atoms with Crippen LogP contribution in [0.15, 0.2) is 47.5 Å². The van der Waals surface area contributed by atoms with E-state index in [4.69, 9.17) is 27.9 Å². The maximum atomic E-state index is 13.2. The topological polar surface area (TPSA) is 63.9 Å². The average molecular weight is 504 g/mol. The Morgan fingerprint density at radius 2 is 1.79 bits per heavy atom. The summed E-state index contributed by atoms with van der Waals surface area (Å²) in [5.74, 6) is -0.453. The number of amides is 2. The molecular formula is C24H23Cl2N3O3S. The van der Waals surface area contributed by atoms with Gasteiger partial charge in [-0.15, -0.1) is 11.3 Å². The van der Waals surface area contributed by atoms with E-state index < -0.39 is 5.91 Å². The third-order valence-electron chi connectivity index (χ3n) is 5.62. The number of carbonyl (C=O) groups excluding carboxylic acids is 2. The Morgan fingerprint density at radius 3 is 2.52 bits per heavy atom. The van der Waals surface area contributed by atoms with Crippen molar-refractivity contribution in [1.29, 1.82) is 0 Å². The molecule has 0 spiro atoms. The van der Waals surface area contributed by atoms with Crippen molar-refractivity contribution in [2.24, 2.45) is 4.99 Å². The van der Waals surface area contributed by atoms with Crippen molar-refractivity contribution < 1.29 is 14.3 Å². The van der Waals surface area contributed by atoms with Crippen LogP contribution in [0.2, 0.25) is 10.0 Å². The molecule has 0 aliphatic carbocycles. The van der Waals surface area contributed by atoms with Gasteiger partial charge in [0.25, 0.3) is 11.8 Å². The molecular weight excluding hydrogens is 481 g/mol. The number of aryl methyl sites for hydroxylation is 1. The molecule has 1 aromatic heterocycles. The van der Waals surface area contributed by atoms with Gasteiger partial charge in [0.1, 0.15) is 0 Å². The first-order valence-corrected chi connectivity index (χ1v) is 12.1. The van der Waals surface area contributed by atoms with Crippen LogP contribution in [0, 0.1) is 13.8 Å². The van der Waals surface area contributed by atoms with E-state index in [1.165, 1.54) is 17.4 Å². The number of benzene rings is 2. The summed E-state index contributed by atoms with van der Waals surface area (Å²) in [5.41, 5.74) is 2.79. The van der Waals surface area contributed by atoms with Crippen LogP contribution in [-0.4, -0.2) is 47.6 Å². The van der Waals surface area contributed by atoms with Gasteiger partial charge < -0.3 is 14.2 Å². The highest BCUT2D eigenvalue weighted by Crippen LogP contribution is 2.22. The first-order valence-electron chi connectivity index (χ1n) is 10.5. The second-order valence-corrected chi connectivity index (χ2v) is 9.74. The van der Waals surface area contributed by atoms with E-state index in [9.17, 15) is 9.59 Å². The van der Waals surface area contributed by atoms with Gasteiger partial charge >= 0.3 is 0 Å². The van der Waals surface area contributed by atoms with Crippen molar-refractivity contribution in [3.8, 4) is 0 Å². The number of nitrogens with zero attached hydrogens (tertiary/aromatic N) is 3. The first-order chi connectivity index (χ1) is 15.8. The van der Waals surface area contributed by atoms with E-state index in [0.717, 1.165) is 16.1 Å². The number of rotatable bonds is 4. The van der Waals surface area contributed by atoms with Crippen LogP contribution >= 0.6 is 34.5 Å².